The van der Waals surface area contributed by atoms with Gasteiger partial charge in [-0.2, -0.15) is 0 Å². The molecular weight excluding hydrogens is 188 g/mol. The zero-order valence-electron chi connectivity index (χ0n) is 9.88. The zero-order valence-corrected chi connectivity index (χ0v) is 9.88. The molecule has 0 aliphatic heterocycles. The highest BCUT2D eigenvalue weighted by Gasteiger charge is 2.50. The van der Waals surface area contributed by atoms with Crippen molar-refractivity contribution in [3.05, 3.63) is 11.6 Å². The van der Waals surface area contributed by atoms with Crippen molar-refractivity contribution in [2.75, 3.05) is 6.61 Å². The molecule has 3 aliphatic carbocycles. The molecule has 0 aromatic heterocycles. The van der Waals surface area contributed by atoms with Crippen LogP contribution in [0.4, 0.5) is 0 Å². The van der Waals surface area contributed by atoms with Crippen LogP contribution in [0.2, 0.25) is 0 Å². The molecule has 2 heteroatoms. The molecule has 1 fully saturated rings. The van der Waals surface area contributed by atoms with Crippen molar-refractivity contribution in [1.82, 2.24) is 0 Å². The highest BCUT2D eigenvalue weighted by molar-refractivity contribution is 5.65. The van der Waals surface area contributed by atoms with E-state index in [1.165, 1.54) is 25.3 Å². The van der Waals surface area contributed by atoms with E-state index in [0.717, 1.165) is 18.3 Å². The molecule has 0 aromatic rings. The van der Waals surface area contributed by atoms with Gasteiger partial charge in [-0.1, -0.05) is 25.5 Å². The van der Waals surface area contributed by atoms with E-state index in [2.05, 4.69) is 19.9 Å². The van der Waals surface area contributed by atoms with Crippen molar-refractivity contribution in [3.63, 3.8) is 0 Å². The van der Waals surface area contributed by atoms with Crippen LogP contribution in [0.25, 0.3) is 0 Å². The predicted molar refractivity (Wildman–Crippen MR) is 59.3 cm³/mol. The highest BCUT2D eigenvalue weighted by atomic mass is 16.5. The third kappa shape index (κ3) is 1.82. The summed E-state index contributed by atoms with van der Waals surface area (Å²) < 4.78 is 5.00. The van der Waals surface area contributed by atoms with Gasteiger partial charge < -0.3 is 4.74 Å². The van der Waals surface area contributed by atoms with E-state index in [0.29, 0.717) is 12.0 Å². The molecule has 84 valence electrons. The van der Waals surface area contributed by atoms with Crippen molar-refractivity contribution in [3.8, 4) is 0 Å². The number of hydrogen-bond acceptors (Lipinski definition) is 2. The van der Waals surface area contributed by atoms with Gasteiger partial charge in [0.15, 0.2) is 0 Å². The van der Waals surface area contributed by atoms with E-state index < -0.39 is 0 Å². The Morgan fingerprint density at radius 1 is 1.60 bits per heavy atom. The van der Waals surface area contributed by atoms with E-state index in [4.69, 9.17) is 4.74 Å². The summed E-state index contributed by atoms with van der Waals surface area (Å²) in [6, 6.07) is 0. The summed E-state index contributed by atoms with van der Waals surface area (Å²) in [4.78, 5) is 10.7. The lowest BCUT2D eigenvalue weighted by atomic mass is 9.48. The maximum Gasteiger partial charge on any atom is 0.302 e. The molecule has 0 heterocycles. The van der Waals surface area contributed by atoms with E-state index in [1.807, 2.05) is 0 Å². The Morgan fingerprint density at radius 2 is 2.33 bits per heavy atom. The molecule has 0 aromatic carbocycles. The Bertz CT molecular complexity index is 302. The quantitative estimate of drug-likeness (QED) is 0.526. The third-order valence-electron chi connectivity index (χ3n) is 4.28. The molecule has 0 amide bonds. The maximum atomic E-state index is 10.7. The first-order valence-electron chi connectivity index (χ1n) is 5.84. The zero-order chi connectivity index (χ0) is 11.1. The molecule has 0 N–H and O–H groups in total. The monoisotopic (exact) mass is 208 g/mol. The van der Waals surface area contributed by atoms with Crippen LogP contribution in [0.1, 0.15) is 40.0 Å². The van der Waals surface area contributed by atoms with Gasteiger partial charge in [0, 0.05) is 13.3 Å². The van der Waals surface area contributed by atoms with Crippen LogP contribution in [0.15, 0.2) is 11.6 Å². The standard InChI is InChI=1S/C13H20O2/c1-9(14)15-7-6-10-4-5-11-8-12(10)13(11,2)3/h4,11-12H,5-8H2,1-3H3/t11-,12+/m1/s1. The minimum Gasteiger partial charge on any atom is -0.466 e. The summed E-state index contributed by atoms with van der Waals surface area (Å²) in [6.07, 6.45) is 5.87. The average Bonchev–Trinajstić information content (AvgIpc) is 2.17. The summed E-state index contributed by atoms with van der Waals surface area (Å²) >= 11 is 0. The molecule has 0 radical (unpaired) electrons. The fraction of sp³-hybridized carbons (Fsp3) is 0.769. The summed E-state index contributed by atoms with van der Waals surface area (Å²) in [5.41, 5.74) is 2.00. The first-order valence-corrected chi connectivity index (χ1v) is 5.84. The van der Waals surface area contributed by atoms with Gasteiger partial charge in [-0.05, 0) is 30.1 Å². The van der Waals surface area contributed by atoms with Gasteiger partial charge in [-0.25, -0.2) is 0 Å². The molecule has 1 saturated carbocycles. The van der Waals surface area contributed by atoms with Crippen LogP contribution in [0.5, 0.6) is 0 Å². The Kier molecular flexibility index (Phi) is 2.61. The molecule has 2 atom stereocenters. The molecule has 0 unspecified atom stereocenters. The fourth-order valence-corrected chi connectivity index (χ4v) is 3.07. The molecule has 15 heavy (non-hydrogen) atoms. The number of esters is 1. The smallest absolute Gasteiger partial charge is 0.302 e. The Labute approximate surface area is 91.7 Å². The van der Waals surface area contributed by atoms with Crippen LogP contribution in [0.3, 0.4) is 0 Å². The predicted octanol–water partition coefficient (Wildman–Crippen LogP) is 2.93. The summed E-state index contributed by atoms with van der Waals surface area (Å²) in [5.74, 6) is 1.46. The first kappa shape index (κ1) is 10.7. The number of fused-ring (bicyclic) bond motifs is 1. The van der Waals surface area contributed by atoms with Gasteiger partial charge >= 0.3 is 5.97 Å². The Balaban J connectivity index is 1.88. The van der Waals surface area contributed by atoms with Gasteiger partial charge in [0.2, 0.25) is 0 Å². The Morgan fingerprint density at radius 3 is 2.87 bits per heavy atom. The molecule has 2 nitrogen and oxygen atoms in total. The van der Waals surface area contributed by atoms with Crippen LogP contribution < -0.4 is 0 Å². The largest absolute Gasteiger partial charge is 0.466 e. The second-order valence-electron chi connectivity index (χ2n) is 5.41. The number of carbonyl (C=O) groups excluding carboxylic acids is 1. The van der Waals surface area contributed by atoms with Gasteiger partial charge in [-0.15, -0.1) is 0 Å². The average molecular weight is 208 g/mol. The molecule has 0 spiro atoms. The Hall–Kier alpha value is -0.790. The first-order chi connectivity index (χ1) is 7.01. The maximum absolute atomic E-state index is 10.7. The SMILES string of the molecule is CC(=O)OCCC1=CC[C@@H]2C[C@@H]1C2(C)C. The van der Waals surface area contributed by atoms with Gasteiger partial charge in [-0.3, -0.25) is 4.79 Å². The fourth-order valence-electron chi connectivity index (χ4n) is 3.07. The normalized spacial score (nSPS) is 31.5. The second kappa shape index (κ2) is 3.66. The lowest BCUT2D eigenvalue weighted by Crippen LogP contribution is -2.48. The highest BCUT2D eigenvalue weighted by Crippen LogP contribution is 2.59. The number of rotatable bonds is 3. The molecule has 0 saturated heterocycles. The van der Waals surface area contributed by atoms with Crippen LogP contribution >= 0.6 is 0 Å². The summed E-state index contributed by atoms with van der Waals surface area (Å²) in [5, 5.41) is 0. The minimum absolute atomic E-state index is 0.169. The van der Waals surface area contributed by atoms with Crippen LogP contribution in [0, 0.1) is 17.3 Å². The van der Waals surface area contributed by atoms with E-state index >= 15 is 0 Å². The van der Waals surface area contributed by atoms with E-state index in [1.54, 1.807) is 0 Å². The van der Waals surface area contributed by atoms with Gasteiger partial charge in [0.05, 0.1) is 6.61 Å². The van der Waals surface area contributed by atoms with Gasteiger partial charge in [0.1, 0.15) is 0 Å². The minimum atomic E-state index is -0.169. The topological polar surface area (TPSA) is 26.3 Å². The van der Waals surface area contributed by atoms with E-state index in [-0.39, 0.29) is 5.97 Å². The lowest BCUT2D eigenvalue weighted by molar-refractivity contribution is -0.141. The lowest BCUT2D eigenvalue weighted by Gasteiger charge is -2.56. The number of ether oxygens (including phenoxy) is 1. The molecule has 2 bridgehead atoms. The van der Waals surface area contributed by atoms with E-state index in [9.17, 15) is 4.79 Å². The molecule has 3 aliphatic rings. The third-order valence-corrected chi connectivity index (χ3v) is 4.28. The van der Waals surface area contributed by atoms with Crippen LogP contribution in [-0.4, -0.2) is 12.6 Å². The number of carbonyl (C=O) groups is 1. The van der Waals surface area contributed by atoms with Crippen molar-refractivity contribution in [2.45, 2.75) is 40.0 Å². The van der Waals surface area contributed by atoms with Crippen molar-refractivity contribution in [1.29, 1.82) is 0 Å². The van der Waals surface area contributed by atoms with Crippen molar-refractivity contribution in [2.24, 2.45) is 17.3 Å². The molecular formula is C13H20O2. The molecule has 3 rings (SSSR count). The van der Waals surface area contributed by atoms with Crippen molar-refractivity contribution >= 4 is 5.97 Å². The number of allylic oxidation sites excluding steroid dienone is 1. The van der Waals surface area contributed by atoms with Gasteiger partial charge in [0.25, 0.3) is 0 Å². The second-order valence-corrected chi connectivity index (χ2v) is 5.41. The summed E-state index contributed by atoms with van der Waals surface area (Å²) in [6.45, 7) is 6.76. The van der Waals surface area contributed by atoms with Crippen LogP contribution in [-0.2, 0) is 9.53 Å². The number of hydrogen-bond donors (Lipinski definition) is 0. The van der Waals surface area contributed by atoms with Crippen molar-refractivity contribution < 1.29 is 9.53 Å². The summed E-state index contributed by atoms with van der Waals surface area (Å²) in [7, 11) is 0.